The average molecular weight is 356 g/mol. The highest BCUT2D eigenvalue weighted by Gasteiger charge is 2.12. The number of aliphatic hydroxyl groups is 1. The van der Waals surface area contributed by atoms with Crippen LogP contribution in [0.4, 0.5) is 0 Å². The number of carboxylic acid groups (broad SMARTS) is 1. The van der Waals surface area contributed by atoms with Crippen LogP contribution in [0.15, 0.2) is 48.5 Å². The van der Waals surface area contributed by atoms with E-state index in [-0.39, 0.29) is 13.0 Å². The van der Waals surface area contributed by atoms with Gasteiger partial charge >= 0.3 is 5.97 Å². The molecule has 0 amide bonds. The molecule has 0 fully saturated rings. The largest absolute Gasteiger partial charge is 0.493 e. The van der Waals surface area contributed by atoms with Crippen molar-refractivity contribution in [3.8, 4) is 16.9 Å². The molecular weight excluding hydrogens is 328 g/mol. The summed E-state index contributed by atoms with van der Waals surface area (Å²) < 4.78 is 5.48. The summed E-state index contributed by atoms with van der Waals surface area (Å²) >= 11 is 0. The van der Waals surface area contributed by atoms with Crippen LogP contribution >= 0.6 is 0 Å². The lowest BCUT2D eigenvalue weighted by molar-refractivity contribution is -0.147. The number of rotatable bonds is 11. The lowest BCUT2D eigenvalue weighted by atomic mass is 10.0. The fourth-order valence-electron chi connectivity index (χ4n) is 2.78. The van der Waals surface area contributed by atoms with Crippen LogP contribution in [-0.4, -0.2) is 28.9 Å². The minimum Gasteiger partial charge on any atom is -0.493 e. The SMILES string of the molecule is CCCCCCc1ccc(-c2ccc(OCC[C@H](O)C(=O)O)cc2)cc1. The van der Waals surface area contributed by atoms with Crippen molar-refractivity contribution < 1.29 is 19.7 Å². The second kappa shape index (κ2) is 10.6. The van der Waals surface area contributed by atoms with Crippen LogP contribution in [0, 0.1) is 0 Å². The topological polar surface area (TPSA) is 66.8 Å². The molecule has 0 aliphatic rings. The second-order valence-corrected chi connectivity index (χ2v) is 6.52. The van der Waals surface area contributed by atoms with Gasteiger partial charge in [-0.15, -0.1) is 0 Å². The van der Waals surface area contributed by atoms with Gasteiger partial charge in [-0.1, -0.05) is 62.6 Å². The molecule has 4 nitrogen and oxygen atoms in total. The van der Waals surface area contributed by atoms with E-state index >= 15 is 0 Å². The van der Waals surface area contributed by atoms with Gasteiger partial charge in [-0.25, -0.2) is 4.79 Å². The summed E-state index contributed by atoms with van der Waals surface area (Å²) in [5, 5.41) is 17.8. The number of benzene rings is 2. The number of aryl methyl sites for hydroxylation is 1. The molecule has 4 heteroatoms. The van der Waals surface area contributed by atoms with Gasteiger partial charge in [-0.05, 0) is 41.7 Å². The van der Waals surface area contributed by atoms with Crippen molar-refractivity contribution >= 4 is 5.97 Å². The van der Waals surface area contributed by atoms with E-state index in [9.17, 15) is 9.90 Å². The normalized spacial score (nSPS) is 11.9. The molecule has 0 radical (unpaired) electrons. The first-order valence-corrected chi connectivity index (χ1v) is 9.33. The van der Waals surface area contributed by atoms with Gasteiger partial charge in [0.15, 0.2) is 6.10 Å². The van der Waals surface area contributed by atoms with Crippen molar-refractivity contribution in [2.45, 2.75) is 51.6 Å². The van der Waals surface area contributed by atoms with Gasteiger partial charge in [0.2, 0.25) is 0 Å². The fourth-order valence-corrected chi connectivity index (χ4v) is 2.78. The summed E-state index contributed by atoms with van der Waals surface area (Å²) in [4.78, 5) is 10.5. The molecule has 2 aromatic carbocycles. The summed E-state index contributed by atoms with van der Waals surface area (Å²) in [6, 6.07) is 16.4. The lowest BCUT2D eigenvalue weighted by Crippen LogP contribution is -2.21. The summed E-state index contributed by atoms with van der Waals surface area (Å²) in [5.41, 5.74) is 3.65. The van der Waals surface area contributed by atoms with E-state index in [0.717, 1.165) is 17.5 Å². The van der Waals surface area contributed by atoms with Crippen LogP contribution in [-0.2, 0) is 11.2 Å². The molecule has 0 aliphatic heterocycles. The monoisotopic (exact) mass is 356 g/mol. The van der Waals surface area contributed by atoms with Crippen LogP contribution in [0.5, 0.6) is 5.75 Å². The molecule has 26 heavy (non-hydrogen) atoms. The Morgan fingerprint density at radius 1 is 0.962 bits per heavy atom. The number of carboxylic acids is 1. The number of aliphatic hydroxyl groups excluding tert-OH is 1. The number of hydrogen-bond acceptors (Lipinski definition) is 3. The molecule has 2 aromatic rings. The number of carbonyl (C=O) groups is 1. The molecule has 0 unspecified atom stereocenters. The van der Waals surface area contributed by atoms with Gasteiger partial charge in [0, 0.05) is 6.42 Å². The first-order valence-electron chi connectivity index (χ1n) is 9.33. The van der Waals surface area contributed by atoms with Crippen molar-refractivity contribution in [2.24, 2.45) is 0 Å². The van der Waals surface area contributed by atoms with E-state index in [0.29, 0.717) is 5.75 Å². The van der Waals surface area contributed by atoms with Crippen LogP contribution in [0.2, 0.25) is 0 Å². The third kappa shape index (κ3) is 6.52. The average Bonchev–Trinajstić information content (AvgIpc) is 2.66. The van der Waals surface area contributed by atoms with E-state index in [2.05, 4.69) is 31.2 Å². The molecule has 2 rings (SSSR count). The van der Waals surface area contributed by atoms with Crippen molar-refractivity contribution in [2.75, 3.05) is 6.61 Å². The molecule has 0 saturated carbocycles. The first-order chi connectivity index (χ1) is 12.6. The molecule has 0 spiro atoms. The maximum atomic E-state index is 10.5. The summed E-state index contributed by atoms with van der Waals surface area (Å²) in [6.45, 7) is 2.39. The smallest absolute Gasteiger partial charge is 0.332 e. The minimum absolute atomic E-state index is 0.0663. The maximum absolute atomic E-state index is 10.5. The zero-order valence-corrected chi connectivity index (χ0v) is 15.4. The number of unbranched alkanes of at least 4 members (excludes halogenated alkanes) is 3. The molecule has 0 bridgehead atoms. The van der Waals surface area contributed by atoms with Crippen molar-refractivity contribution in [1.82, 2.24) is 0 Å². The van der Waals surface area contributed by atoms with Gasteiger partial charge in [-0.2, -0.15) is 0 Å². The van der Waals surface area contributed by atoms with Crippen LogP contribution < -0.4 is 4.74 Å². The van der Waals surface area contributed by atoms with E-state index in [1.54, 1.807) is 0 Å². The highest BCUT2D eigenvalue weighted by atomic mass is 16.5. The Kier molecular flexibility index (Phi) is 8.16. The third-order valence-corrected chi connectivity index (χ3v) is 4.41. The Hall–Kier alpha value is -2.33. The Labute approximate surface area is 155 Å². The molecule has 0 aliphatic carbocycles. The zero-order valence-electron chi connectivity index (χ0n) is 15.4. The Morgan fingerprint density at radius 3 is 2.15 bits per heavy atom. The molecule has 2 N–H and O–H groups in total. The number of ether oxygens (including phenoxy) is 1. The molecule has 0 aromatic heterocycles. The second-order valence-electron chi connectivity index (χ2n) is 6.52. The fraction of sp³-hybridized carbons (Fsp3) is 0.409. The molecular formula is C22H28O4. The molecule has 1 atom stereocenters. The minimum atomic E-state index is -1.38. The van der Waals surface area contributed by atoms with Gasteiger partial charge in [0.05, 0.1) is 6.61 Å². The maximum Gasteiger partial charge on any atom is 0.332 e. The Bertz CT molecular complexity index is 662. The molecule has 0 heterocycles. The van der Waals surface area contributed by atoms with Crippen LogP contribution in [0.3, 0.4) is 0 Å². The summed E-state index contributed by atoms with van der Waals surface area (Å²) in [6.07, 6.45) is 4.93. The molecule has 0 saturated heterocycles. The van der Waals surface area contributed by atoms with Gasteiger partial charge < -0.3 is 14.9 Å². The zero-order chi connectivity index (χ0) is 18.8. The predicted molar refractivity (Wildman–Crippen MR) is 103 cm³/mol. The summed E-state index contributed by atoms with van der Waals surface area (Å²) in [5.74, 6) is -0.559. The molecule has 140 valence electrons. The standard InChI is InChI=1S/C22H28O4/c1-2-3-4-5-6-17-7-9-18(10-8-17)19-11-13-20(14-12-19)26-16-15-21(23)22(24)25/h7-14,21,23H,2-6,15-16H2,1H3,(H,24,25)/t21-/m0/s1. The number of hydrogen-bond donors (Lipinski definition) is 2. The number of aliphatic carboxylic acids is 1. The van der Waals surface area contributed by atoms with Gasteiger partial charge in [0.1, 0.15) is 5.75 Å². The van der Waals surface area contributed by atoms with E-state index in [4.69, 9.17) is 9.84 Å². The quantitative estimate of drug-likeness (QED) is 0.573. The summed E-state index contributed by atoms with van der Waals surface area (Å²) in [7, 11) is 0. The van der Waals surface area contributed by atoms with E-state index < -0.39 is 12.1 Å². The third-order valence-electron chi connectivity index (χ3n) is 4.41. The first kappa shape index (κ1) is 20.0. The van der Waals surface area contributed by atoms with Gasteiger partial charge in [0.25, 0.3) is 0 Å². The van der Waals surface area contributed by atoms with Crippen LogP contribution in [0.1, 0.15) is 44.6 Å². The van der Waals surface area contributed by atoms with Gasteiger partial charge in [-0.3, -0.25) is 0 Å². The van der Waals surface area contributed by atoms with Crippen molar-refractivity contribution in [3.05, 3.63) is 54.1 Å². The Balaban J connectivity index is 1.84. The van der Waals surface area contributed by atoms with Crippen molar-refractivity contribution in [3.63, 3.8) is 0 Å². The lowest BCUT2D eigenvalue weighted by Gasteiger charge is -2.09. The van der Waals surface area contributed by atoms with Crippen molar-refractivity contribution in [1.29, 1.82) is 0 Å². The Morgan fingerprint density at radius 2 is 1.58 bits per heavy atom. The van der Waals surface area contributed by atoms with E-state index in [1.165, 1.54) is 31.2 Å². The van der Waals surface area contributed by atoms with E-state index in [1.807, 2.05) is 24.3 Å². The highest BCUT2D eigenvalue weighted by molar-refractivity contribution is 5.71. The van der Waals surface area contributed by atoms with Crippen LogP contribution in [0.25, 0.3) is 11.1 Å². The predicted octanol–water partition coefficient (Wildman–Crippen LogP) is 4.69. The highest BCUT2D eigenvalue weighted by Crippen LogP contribution is 2.23.